The Kier molecular flexibility index (Phi) is 4.45. The van der Waals surface area contributed by atoms with Crippen LogP contribution in [0.15, 0.2) is 18.3 Å². The molecular weight excluding hydrogens is 272 g/mol. The first kappa shape index (κ1) is 13.7. The predicted octanol–water partition coefficient (Wildman–Crippen LogP) is 2.64. The zero-order chi connectivity index (χ0) is 13.8. The largest absolute Gasteiger partial charge is 0.473 e. The van der Waals surface area contributed by atoms with Crippen molar-refractivity contribution >= 4 is 17.7 Å². The molecule has 0 bridgehead atoms. The normalized spacial score (nSPS) is 22.9. The number of nitrogens with zero attached hydrogens (tertiary/aromatic N) is 1. The standard InChI is InChI=1S/C15H20N2O2S/c18-15(17-12-3-1-2-4-12)11-5-6-14(16-9-11)19-13-7-8-20-10-13/h5-6,9,12-13H,1-4,7-8,10H2,(H,17,18)/t13-/m0/s1. The Morgan fingerprint density at radius 3 is 2.80 bits per heavy atom. The zero-order valence-electron chi connectivity index (χ0n) is 11.5. The molecule has 1 atom stereocenters. The fourth-order valence-electron chi connectivity index (χ4n) is 2.70. The van der Waals surface area contributed by atoms with Crippen LogP contribution in [-0.2, 0) is 0 Å². The van der Waals surface area contributed by atoms with Gasteiger partial charge in [-0.2, -0.15) is 11.8 Å². The summed E-state index contributed by atoms with van der Waals surface area (Å²) in [6.07, 6.45) is 7.59. The van der Waals surface area contributed by atoms with E-state index in [-0.39, 0.29) is 12.0 Å². The van der Waals surface area contributed by atoms with E-state index in [1.165, 1.54) is 12.8 Å². The third-order valence-corrected chi connectivity index (χ3v) is 5.00. The van der Waals surface area contributed by atoms with Crippen molar-refractivity contribution in [1.29, 1.82) is 0 Å². The average molecular weight is 292 g/mol. The first-order chi connectivity index (χ1) is 9.81. The van der Waals surface area contributed by atoms with Gasteiger partial charge in [0.15, 0.2) is 0 Å². The number of hydrogen-bond acceptors (Lipinski definition) is 4. The fraction of sp³-hybridized carbons (Fsp3) is 0.600. The number of rotatable bonds is 4. The van der Waals surface area contributed by atoms with E-state index in [1.807, 2.05) is 11.8 Å². The summed E-state index contributed by atoms with van der Waals surface area (Å²) in [5.74, 6) is 2.79. The number of amides is 1. The van der Waals surface area contributed by atoms with Gasteiger partial charge in [0.25, 0.3) is 5.91 Å². The number of thioether (sulfide) groups is 1. The summed E-state index contributed by atoms with van der Waals surface area (Å²) >= 11 is 1.91. The van der Waals surface area contributed by atoms with Crippen molar-refractivity contribution in [2.24, 2.45) is 0 Å². The lowest BCUT2D eigenvalue weighted by atomic mass is 10.2. The van der Waals surface area contributed by atoms with E-state index in [1.54, 1.807) is 18.3 Å². The molecule has 3 rings (SSSR count). The van der Waals surface area contributed by atoms with E-state index in [9.17, 15) is 4.79 Å². The average Bonchev–Trinajstić information content (AvgIpc) is 3.13. The van der Waals surface area contributed by atoms with E-state index in [0.29, 0.717) is 17.5 Å². The number of pyridine rings is 1. The Hall–Kier alpha value is -1.23. The van der Waals surface area contributed by atoms with Gasteiger partial charge in [-0.05, 0) is 31.1 Å². The highest BCUT2D eigenvalue weighted by molar-refractivity contribution is 7.99. The molecule has 2 fully saturated rings. The van der Waals surface area contributed by atoms with Crippen LogP contribution >= 0.6 is 11.8 Å². The summed E-state index contributed by atoms with van der Waals surface area (Å²) in [6.45, 7) is 0. The molecule has 1 aliphatic carbocycles. The van der Waals surface area contributed by atoms with Crippen LogP contribution in [0.3, 0.4) is 0 Å². The van der Waals surface area contributed by atoms with Crippen LogP contribution in [-0.4, -0.2) is 34.5 Å². The topological polar surface area (TPSA) is 51.2 Å². The third kappa shape index (κ3) is 3.45. The maximum atomic E-state index is 12.1. The van der Waals surface area contributed by atoms with Crippen LogP contribution in [0.5, 0.6) is 5.88 Å². The lowest BCUT2D eigenvalue weighted by molar-refractivity contribution is 0.0937. The molecule has 2 heterocycles. The molecule has 4 nitrogen and oxygen atoms in total. The van der Waals surface area contributed by atoms with Crippen LogP contribution in [0.1, 0.15) is 42.5 Å². The van der Waals surface area contributed by atoms with Gasteiger partial charge in [-0.3, -0.25) is 4.79 Å². The second-order valence-corrected chi connectivity index (χ2v) is 6.59. The molecule has 1 N–H and O–H groups in total. The summed E-state index contributed by atoms with van der Waals surface area (Å²) in [5, 5.41) is 3.06. The lowest BCUT2D eigenvalue weighted by Crippen LogP contribution is -2.32. The Morgan fingerprint density at radius 1 is 1.30 bits per heavy atom. The Morgan fingerprint density at radius 2 is 2.15 bits per heavy atom. The van der Waals surface area contributed by atoms with Crippen LogP contribution in [0, 0.1) is 0 Å². The van der Waals surface area contributed by atoms with Gasteiger partial charge in [0.2, 0.25) is 5.88 Å². The van der Waals surface area contributed by atoms with E-state index in [2.05, 4.69) is 10.3 Å². The molecule has 108 valence electrons. The first-order valence-electron chi connectivity index (χ1n) is 7.32. The van der Waals surface area contributed by atoms with Crippen molar-refractivity contribution in [3.63, 3.8) is 0 Å². The van der Waals surface area contributed by atoms with E-state index in [0.717, 1.165) is 30.8 Å². The minimum atomic E-state index is -0.0210. The summed E-state index contributed by atoms with van der Waals surface area (Å²) in [4.78, 5) is 16.3. The van der Waals surface area contributed by atoms with E-state index >= 15 is 0 Å². The lowest BCUT2D eigenvalue weighted by Gasteiger charge is -2.13. The van der Waals surface area contributed by atoms with Gasteiger partial charge in [0.1, 0.15) is 6.10 Å². The maximum absolute atomic E-state index is 12.1. The highest BCUT2D eigenvalue weighted by atomic mass is 32.2. The second kappa shape index (κ2) is 6.48. The summed E-state index contributed by atoms with van der Waals surface area (Å²) in [7, 11) is 0. The quantitative estimate of drug-likeness (QED) is 0.927. The van der Waals surface area contributed by atoms with Crippen LogP contribution in [0.25, 0.3) is 0 Å². The van der Waals surface area contributed by atoms with Crippen molar-refractivity contribution in [3.05, 3.63) is 23.9 Å². The predicted molar refractivity (Wildman–Crippen MR) is 80.3 cm³/mol. The highest BCUT2D eigenvalue weighted by Crippen LogP contribution is 2.22. The number of ether oxygens (including phenoxy) is 1. The van der Waals surface area contributed by atoms with Crippen molar-refractivity contribution < 1.29 is 9.53 Å². The van der Waals surface area contributed by atoms with Crippen LogP contribution < -0.4 is 10.1 Å². The molecular formula is C15H20N2O2S. The molecule has 1 amide bonds. The molecule has 0 spiro atoms. The van der Waals surface area contributed by atoms with Gasteiger partial charge in [0.05, 0.1) is 5.56 Å². The SMILES string of the molecule is O=C(NC1CCCC1)c1ccc(O[C@H]2CCSC2)nc1. The van der Waals surface area contributed by atoms with Gasteiger partial charge < -0.3 is 10.1 Å². The van der Waals surface area contributed by atoms with Crippen molar-refractivity contribution in [2.45, 2.75) is 44.2 Å². The number of hydrogen-bond donors (Lipinski definition) is 1. The van der Waals surface area contributed by atoms with Gasteiger partial charge in [-0.25, -0.2) is 4.98 Å². The maximum Gasteiger partial charge on any atom is 0.253 e. The molecule has 20 heavy (non-hydrogen) atoms. The Bertz CT molecular complexity index is 451. The minimum absolute atomic E-state index is 0.0210. The summed E-state index contributed by atoms with van der Waals surface area (Å²) in [5.41, 5.74) is 0.616. The molecule has 1 aliphatic heterocycles. The van der Waals surface area contributed by atoms with Crippen LogP contribution in [0.2, 0.25) is 0 Å². The van der Waals surface area contributed by atoms with Crippen molar-refractivity contribution in [3.8, 4) is 5.88 Å². The summed E-state index contributed by atoms with van der Waals surface area (Å²) in [6, 6.07) is 3.94. The molecule has 0 aromatic carbocycles. The molecule has 5 heteroatoms. The smallest absolute Gasteiger partial charge is 0.253 e. The molecule has 1 aromatic rings. The minimum Gasteiger partial charge on any atom is -0.473 e. The van der Waals surface area contributed by atoms with Crippen LogP contribution in [0.4, 0.5) is 0 Å². The Balaban J connectivity index is 1.55. The Labute approximate surface area is 123 Å². The highest BCUT2D eigenvalue weighted by Gasteiger charge is 2.19. The number of nitrogens with one attached hydrogen (secondary N) is 1. The van der Waals surface area contributed by atoms with Gasteiger partial charge in [-0.15, -0.1) is 0 Å². The molecule has 2 aliphatic rings. The van der Waals surface area contributed by atoms with Crippen molar-refractivity contribution in [2.75, 3.05) is 11.5 Å². The molecule has 1 saturated heterocycles. The van der Waals surface area contributed by atoms with Gasteiger partial charge >= 0.3 is 0 Å². The number of carbonyl (C=O) groups excluding carboxylic acids is 1. The molecule has 1 aromatic heterocycles. The monoisotopic (exact) mass is 292 g/mol. The van der Waals surface area contributed by atoms with Gasteiger partial charge in [-0.1, -0.05) is 12.8 Å². The molecule has 0 unspecified atom stereocenters. The molecule has 0 radical (unpaired) electrons. The third-order valence-electron chi connectivity index (χ3n) is 3.86. The number of carbonyl (C=O) groups is 1. The number of aromatic nitrogens is 1. The fourth-order valence-corrected chi connectivity index (χ4v) is 3.79. The van der Waals surface area contributed by atoms with Gasteiger partial charge in [0, 0.05) is 24.1 Å². The zero-order valence-corrected chi connectivity index (χ0v) is 12.3. The van der Waals surface area contributed by atoms with E-state index in [4.69, 9.17) is 4.74 Å². The second-order valence-electron chi connectivity index (χ2n) is 5.44. The molecule has 1 saturated carbocycles. The summed E-state index contributed by atoms with van der Waals surface area (Å²) < 4.78 is 5.78. The van der Waals surface area contributed by atoms with E-state index < -0.39 is 0 Å². The van der Waals surface area contributed by atoms with Crippen molar-refractivity contribution in [1.82, 2.24) is 10.3 Å². The first-order valence-corrected chi connectivity index (χ1v) is 8.48.